The maximum atomic E-state index is 2.75. The minimum absolute atomic E-state index is 0.243. The van der Waals surface area contributed by atoms with E-state index >= 15 is 0 Å². The minimum Gasteiger partial charge on any atom is -0.310 e. The molecule has 3 nitrogen and oxygen atoms in total. The van der Waals surface area contributed by atoms with Crippen LogP contribution in [0.1, 0.15) is 0 Å². The maximum absolute atomic E-state index is 2.75. The normalized spacial score (nSPS) is 12.5. The molecular weight excluding hydrogens is 1200 g/mol. The molecular formula is C90H56BN3S2. The summed E-state index contributed by atoms with van der Waals surface area (Å²) in [6.45, 7) is -0.243. The Morgan fingerprint density at radius 2 is 0.667 bits per heavy atom. The van der Waals surface area contributed by atoms with Gasteiger partial charge in [-0.15, -0.1) is 22.7 Å². The van der Waals surface area contributed by atoms with Crippen molar-refractivity contribution < 1.29 is 0 Å². The van der Waals surface area contributed by atoms with E-state index in [1.165, 1.54) is 112 Å². The summed E-state index contributed by atoms with van der Waals surface area (Å²) >= 11 is 3.83. The molecule has 6 heteroatoms. The van der Waals surface area contributed by atoms with E-state index in [4.69, 9.17) is 0 Å². The first kappa shape index (κ1) is 54.7. The largest absolute Gasteiger partial charge is 0.310 e. The zero-order valence-electron chi connectivity index (χ0n) is 52.1. The van der Waals surface area contributed by atoms with E-state index < -0.39 is 0 Å². The molecule has 0 fully saturated rings. The highest BCUT2D eigenvalue weighted by atomic mass is 32.1. The molecule has 0 unspecified atom stereocenters. The molecule has 0 spiro atoms. The molecule has 0 radical (unpaired) electrons. The van der Waals surface area contributed by atoms with Crippen molar-refractivity contribution >= 4 is 142 Å². The Hall–Kier alpha value is -11.8. The molecule has 0 amide bonds. The van der Waals surface area contributed by atoms with Crippen LogP contribution in [0.25, 0.3) is 135 Å². The van der Waals surface area contributed by atoms with Crippen molar-refractivity contribution in [1.29, 1.82) is 0 Å². The topological polar surface area (TPSA) is 11.4 Å². The van der Waals surface area contributed by atoms with E-state index in [0.717, 1.165) is 72.9 Å². The molecule has 446 valence electrons. The lowest BCUT2D eigenvalue weighted by molar-refractivity contribution is 1.18. The molecule has 5 heterocycles. The molecule has 18 aromatic rings. The Labute approximate surface area is 564 Å². The van der Waals surface area contributed by atoms with Crippen molar-refractivity contribution in [1.82, 2.24) is 4.57 Å². The number of thiophene rings is 2. The van der Waals surface area contributed by atoms with Crippen LogP contribution < -0.4 is 26.2 Å². The molecule has 96 heavy (non-hydrogen) atoms. The van der Waals surface area contributed by atoms with Gasteiger partial charge in [-0.05, 0) is 134 Å². The Bertz CT molecular complexity index is 5960. The minimum atomic E-state index is -0.243. The van der Waals surface area contributed by atoms with E-state index in [0.29, 0.717) is 0 Å². The zero-order valence-corrected chi connectivity index (χ0v) is 53.7. The van der Waals surface area contributed by atoms with Crippen LogP contribution in [0, 0.1) is 0 Å². The molecule has 0 atom stereocenters. The van der Waals surface area contributed by atoms with Gasteiger partial charge in [-0.3, -0.25) is 0 Å². The quantitative estimate of drug-likeness (QED) is 0.133. The monoisotopic (exact) mass is 1250 g/mol. The van der Waals surface area contributed by atoms with Crippen molar-refractivity contribution in [2.24, 2.45) is 0 Å². The van der Waals surface area contributed by atoms with Crippen LogP contribution in [-0.2, 0) is 0 Å². The fraction of sp³-hybridized carbons (Fsp3) is 0. The van der Waals surface area contributed by atoms with Crippen molar-refractivity contribution in [2.45, 2.75) is 0 Å². The highest BCUT2D eigenvalue weighted by Gasteiger charge is 2.47. The van der Waals surface area contributed by atoms with E-state index in [9.17, 15) is 0 Å². The van der Waals surface area contributed by atoms with E-state index in [1.54, 1.807) is 0 Å². The highest BCUT2D eigenvalue weighted by molar-refractivity contribution is 7.27. The number of aromatic nitrogens is 1. The molecule has 3 aromatic heterocycles. The van der Waals surface area contributed by atoms with Gasteiger partial charge in [-0.2, -0.15) is 0 Å². The predicted molar refractivity (Wildman–Crippen MR) is 413 cm³/mol. The van der Waals surface area contributed by atoms with Crippen LogP contribution in [0.2, 0.25) is 0 Å². The lowest BCUT2D eigenvalue weighted by Gasteiger charge is -2.46. The Morgan fingerprint density at radius 1 is 0.240 bits per heavy atom. The number of nitrogens with zero attached hydrogens (tertiary/aromatic N) is 3. The van der Waals surface area contributed by atoms with Crippen LogP contribution in [-0.4, -0.2) is 11.3 Å². The Kier molecular flexibility index (Phi) is 12.5. The van der Waals surface area contributed by atoms with Gasteiger partial charge in [0.1, 0.15) is 0 Å². The number of fused-ring (bicyclic) bond motifs is 14. The second kappa shape index (κ2) is 21.9. The summed E-state index contributed by atoms with van der Waals surface area (Å²) in [5, 5.41) is 7.46. The van der Waals surface area contributed by atoms with Crippen molar-refractivity contribution in [3.63, 3.8) is 0 Å². The first-order valence-corrected chi connectivity index (χ1v) is 34.6. The average molecular weight is 1250 g/mol. The van der Waals surface area contributed by atoms with Crippen LogP contribution in [0.3, 0.4) is 0 Å². The molecule has 0 bridgehead atoms. The Morgan fingerprint density at radius 3 is 1.24 bits per heavy atom. The van der Waals surface area contributed by atoms with Gasteiger partial charge >= 0.3 is 0 Å². The maximum Gasteiger partial charge on any atom is 0.252 e. The number of para-hydroxylation sites is 4. The van der Waals surface area contributed by atoms with Gasteiger partial charge in [0.15, 0.2) is 0 Å². The lowest BCUT2D eigenvalue weighted by atomic mass is 9.33. The summed E-state index contributed by atoms with van der Waals surface area (Å²) in [4.78, 5) is 5.46. The number of rotatable bonds is 9. The third kappa shape index (κ3) is 8.46. The highest BCUT2D eigenvalue weighted by Crippen LogP contribution is 2.57. The lowest BCUT2D eigenvalue weighted by Crippen LogP contribution is -2.61. The molecule has 0 saturated carbocycles. The molecule has 0 aliphatic carbocycles. The molecule has 0 saturated heterocycles. The fourth-order valence-corrected chi connectivity index (χ4v) is 18.4. The van der Waals surface area contributed by atoms with Crippen molar-refractivity contribution in [3.8, 4) is 72.4 Å². The molecule has 20 rings (SSSR count). The van der Waals surface area contributed by atoms with Crippen molar-refractivity contribution in [2.75, 3.05) is 9.80 Å². The van der Waals surface area contributed by atoms with Gasteiger partial charge in [0.2, 0.25) is 0 Å². The van der Waals surface area contributed by atoms with Gasteiger partial charge < -0.3 is 14.4 Å². The molecule has 0 N–H and O–H groups in total. The SMILES string of the molecule is c1ccc(-c2cccc(-c3cccc(-c4cccc(-c5ccccc5)c4)c3N3c4ccc(-n5c6ccccc6c6ccccc65)cc4B4c5cc6sc7ccccc7c6cc5N(c5c(-c6ccccc6)cccc5-c5ccccc5)c5cc6c(sc7ccccc76)c3c54)c2)cc1. The molecule has 15 aromatic carbocycles. The molecule has 2 aliphatic rings. The molecule has 2 aliphatic heterocycles. The van der Waals surface area contributed by atoms with Gasteiger partial charge in [-0.25, -0.2) is 0 Å². The predicted octanol–water partition coefficient (Wildman–Crippen LogP) is 23.6. The number of anilines is 6. The number of hydrogen-bond acceptors (Lipinski definition) is 4. The summed E-state index contributed by atoms with van der Waals surface area (Å²) in [6.07, 6.45) is 0. The van der Waals surface area contributed by atoms with Crippen LogP contribution in [0.4, 0.5) is 34.1 Å². The van der Waals surface area contributed by atoms with E-state index in [-0.39, 0.29) is 6.71 Å². The third-order valence-electron chi connectivity index (χ3n) is 20.1. The number of benzene rings is 15. The second-order valence-corrected chi connectivity index (χ2v) is 27.5. The van der Waals surface area contributed by atoms with Gasteiger partial charge in [0, 0.05) is 91.4 Å². The summed E-state index contributed by atoms with van der Waals surface area (Å²) in [5.41, 5.74) is 28.1. The summed E-state index contributed by atoms with van der Waals surface area (Å²) in [6, 6.07) is 128. The zero-order chi connectivity index (χ0) is 63.0. The first-order valence-electron chi connectivity index (χ1n) is 33.0. The van der Waals surface area contributed by atoms with E-state index in [1.807, 2.05) is 22.7 Å². The van der Waals surface area contributed by atoms with Gasteiger partial charge in [-0.1, -0.05) is 267 Å². The van der Waals surface area contributed by atoms with E-state index in [2.05, 4.69) is 354 Å². The first-order chi connectivity index (χ1) is 47.6. The average Bonchev–Trinajstić information content (AvgIpc) is 1.08. The standard InChI is InChI=1S/C90H56BN3S2/c1-5-25-57(26-6-1)61-33-21-35-63(51-61)68-43-24-44-69(64-36-22-34-62(52-64)58-27-7-2-8-28-58)88(68)94-80-50-49-65(92-78-45-17-13-37-70(78)71-38-14-18-46-79(71)92)53-76(80)91-77-56-85-74(72-39-15-19-47-83(72)95-85)54-81(77)93(82-55-75-73-40-16-20-48-84(73)96-90(75)89(94)86(82)91)87-66(59-29-9-3-10-30-59)41-23-42-67(87)60-31-11-4-12-32-60/h1-56H. The smallest absolute Gasteiger partial charge is 0.252 e. The van der Waals surface area contributed by atoms with Crippen LogP contribution in [0.5, 0.6) is 0 Å². The van der Waals surface area contributed by atoms with Gasteiger partial charge in [0.25, 0.3) is 6.71 Å². The third-order valence-corrected chi connectivity index (χ3v) is 22.5. The summed E-state index contributed by atoms with van der Waals surface area (Å²) in [5.74, 6) is 0. The fourth-order valence-electron chi connectivity index (χ4n) is 16.0. The van der Waals surface area contributed by atoms with Crippen LogP contribution in [0.15, 0.2) is 340 Å². The Balaban J connectivity index is 0.983. The van der Waals surface area contributed by atoms with Crippen LogP contribution >= 0.6 is 22.7 Å². The van der Waals surface area contributed by atoms with Crippen molar-refractivity contribution in [3.05, 3.63) is 340 Å². The van der Waals surface area contributed by atoms with Gasteiger partial charge in [0.05, 0.1) is 32.8 Å². The summed E-state index contributed by atoms with van der Waals surface area (Å²) in [7, 11) is 0. The second-order valence-electron chi connectivity index (χ2n) is 25.4. The number of hydrogen-bond donors (Lipinski definition) is 0. The summed E-state index contributed by atoms with van der Waals surface area (Å²) < 4.78 is 7.56.